The van der Waals surface area contributed by atoms with Gasteiger partial charge in [0.2, 0.25) is 0 Å². The third kappa shape index (κ3) is 1.06. The topological polar surface area (TPSA) is 55.7 Å². The van der Waals surface area contributed by atoms with Gasteiger partial charge >= 0.3 is 5.97 Å². The van der Waals surface area contributed by atoms with Gasteiger partial charge in [0.1, 0.15) is 6.04 Å². The van der Waals surface area contributed by atoms with Crippen LogP contribution in [0.4, 0.5) is 0 Å². The van der Waals surface area contributed by atoms with E-state index in [9.17, 15) is 9.70 Å². The summed E-state index contributed by atoms with van der Waals surface area (Å²) in [5, 5.41) is 2.70. The van der Waals surface area contributed by atoms with E-state index in [4.69, 9.17) is 0 Å². The maximum absolute atomic E-state index is 10.5. The molecular formula is C5H7NO3. The Labute approximate surface area is 52.2 Å². The molecule has 0 amide bonds. The number of nitrogens with zero attached hydrogens (tertiary/aromatic N) is 1. The van der Waals surface area contributed by atoms with E-state index in [-0.39, 0.29) is 17.9 Å². The summed E-state index contributed by atoms with van der Waals surface area (Å²) in [6.07, 6.45) is 0.566. The Morgan fingerprint density at radius 3 is 2.78 bits per heavy atom. The van der Waals surface area contributed by atoms with Crippen molar-refractivity contribution in [2.75, 3.05) is 7.11 Å². The monoisotopic (exact) mass is 129 g/mol. The van der Waals surface area contributed by atoms with Gasteiger partial charge in [-0.3, -0.25) is 4.79 Å². The van der Waals surface area contributed by atoms with Gasteiger partial charge in [-0.1, -0.05) is 5.18 Å². The van der Waals surface area contributed by atoms with Crippen LogP contribution in [0.15, 0.2) is 5.18 Å². The SMILES string of the molecule is COC(=O)C1CC1N=O. The first kappa shape index (κ1) is 6.19. The molecule has 1 rings (SSSR count). The zero-order valence-electron chi connectivity index (χ0n) is 5.03. The predicted octanol–water partition coefficient (Wildman–Crippen LogP) is 0.314. The van der Waals surface area contributed by atoms with Gasteiger partial charge < -0.3 is 4.74 Å². The van der Waals surface area contributed by atoms with E-state index in [1.54, 1.807) is 0 Å². The van der Waals surface area contributed by atoms with Crippen molar-refractivity contribution in [1.82, 2.24) is 0 Å². The average molecular weight is 129 g/mol. The Bertz CT molecular complexity index is 145. The van der Waals surface area contributed by atoms with Crippen molar-refractivity contribution < 1.29 is 9.53 Å². The lowest BCUT2D eigenvalue weighted by molar-refractivity contribution is -0.142. The minimum absolute atomic E-state index is 0.243. The molecule has 0 aromatic heterocycles. The summed E-state index contributed by atoms with van der Waals surface area (Å²) in [5.41, 5.74) is 0. The highest BCUT2D eigenvalue weighted by molar-refractivity contribution is 5.76. The molecule has 1 fully saturated rings. The molecule has 0 aromatic carbocycles. The van der Waals surface area contributed by atoms with E-state index < -0.39 is 0 Å². The summed E-state index contributed by atoms with van der Waals surface area (Å²) in [6, 6.07) is -0.308. The molecule has 1 aliphatic rings. The highest BCUT2D eigenvalue weighted by Crippen LogP contribution is 2.34. The second-order valence-electron chi connectivity index (χ2n) is 2.04. The van der Waals surface area contributed by atoms with Crippen LogP contribution in [-0.4, -0.2) is 19.1 Å². The molecule has 0 N–H and O–H groups in total. The standard InChI is InChI=1S/C5H7NO3/c1-9-5(7)3-2-4(3)6-8/h3-4H,2H2,1H3. The molecule has 0 radical (unpaired) electrons. The number of esters is 1. The van der Waals surface area contributed by atoms with Crippen molar-refractivity contribution >= 4 is 5.97 Å². The molecule has 50 valence electrons. The van der Waals surface area contributed by atoms with Crippen LogP contribution < -0.4 is 0 Å². The maximum Gasteiger partial charge on any atom is 0.311 e. The lowest BCUT2D eigenvalue weighted by Gasteiger charge is -1.90. The molecule has 0 aliphatic heterocycles. The number of rotatable bonds is 2. The minimum atomic E-state index is -0.320. The largest absolute Gasteiger partial charge is 0.469 e. The lowest BCUT2D eigenvalue weighted by Crippen LogP contribution is -2.04. The molecule has 0 saturated heterocycles. The normalized spacial score (nSPS) is 31.2. The molecule has 1 saturated carbocycles. The van der Waals surface area contributed by atoms with Gasteiger partial charge in [0.05, 0.1) is 13.0 Å². The van der Waals surface area contributed by atoms with Crippen molar-refractivity contribution in [3.63, 3.8) is 0 Å². The quantitative estimate of drug-likeness (QED) is 0.398. The Hall–Kier alpha value is -0.930. The highest BCUT2D eigenvalue weighted by Gasteiger charge is 2.45. The third-order valence-electron chi connectivity index (χ3n) is 1.40. The van der Waals surface area contributed by atoms with Gasteiger partial charge in [0, 0.05) is 0 Å². The summed E-state index contributed by atoms with van der Waals surface area (Å²) in [5.74, 6) is -0.563. The Kier molecular flexibility index (Phi) is 1.46. The van der Waals surface area contributed by atoms with Crippen LogP contribution in [0.5, 0.6) is 0 Å². The van der Waals surface area contributed by atoms with E-state index >= 15 is 0 Å². The highest BCUT2D eigenvalue weighted by atomic mass is 16.5. The maximum atomic E-state index is 10.5. The second kappa shape index (κ2) is 2.13. The fraction of sp³-hybridized carbons (Fsp3) is 0.800. The number of nitroso groups, excluding NO2 is 1. The molecule has 2 unspecified atom stereocenters. The summed E-state index contributed by atoms with van der Waals surface area (Å²) < 4.78 is 4.37. The van der Waals surface area contributed by atoms with Crippen LogP contribution in [0.2, 0.25) is 0 Å². The molecule has 9 heavy (non-hydrogen) atoms. The lowest BCUT2D eigenvalue weighted by atomic mass is 10.4. The van der Waals surface area contributed by atoms with Gasteiger partial charge in [0.15, 0.2) is 0 Å². The van der Waals surface area contributed by atoms with Crippen LogP contribution in [0.1, 0.15) is 6.42 Å². The number of hydrogen-bond acceptors (Lipinski definition) is 4. The molecule has 1 aliphatic carbocycles. The van der Waals surface area contributed by atoms with Crippen molar-refractivity contribution in [2.45, 2.75) is 12.5 Å². The fourth-order valence-electron chi connectivity index (χ4n) is 0.703. The van der Waals surface area contributed by atoms with Crippen molar-refractivity contribution in [3.05, 3.63) is 4.91 Å². The first-order chi connectivity index (χ1) is 4.29. The Balaban J connectivity index is 2.33. The Morgan fingerprint density at radius 1 is 1.78 bits per heavy atom. The number of ether oxygens (including phenoxy) is 1. The smallest absolute Gasteiger partial charge is 0.311 e. The van der Waals surface area contributed by atoms with E-state index in [1.165, 1.54) is 7.11 Å². The van der Waals surface area contributed by atoms with Crippen LogP contribution in [-0.2, 0) is 9.53 Å². The molecule has 0 aromatic rings. The van der Waals surface area contributed by atoms with E-state index in [2.05, 4.69) is 9.91 Å². The first-order valence-electron chi connectivity index (χ1n) is 2.70. The number of methoxy groups -OCH3 is 1. The van der Waals surface area contributed by atoms with Crippen LogP contribution in [0.25, 0.3) is 0 Å². The average Bonchev–Trinajstić information content (AvgIpc) is 2.64. The predicted molar refractivity (Wildman–Crippen MR) is 29.7 cm³/mol. The minimum Gasteiger partial charge on any atom is -0.469 e. The molecule has 2 atom stereocenters. The molecule has 4 heteroatoms. The third-order valence-corrected chi connectivity index (χ3v) is 1.40. The molecule has 0 heterocycles. The van der Waals surface area contributed by atoms with Gasteiger partial charge in [-0.05, 0) is 6.42 Å². The van der Waals surface area contributed by atoms with Gasteiger partial charge in [-0.2, -0.15) is 4.91 Å². The zero-order chi connectivity index (χ0) is 6.85. The fourth-order valence-corrected chi connectivity index (χ4v) is 0.703. The van der Waals surface area contributed by atoms with E-state index in [1.807, 2.05) is 0 Å². The van der Waals surface area contributed by atoms with Crippen molar-refractivity contribution in [1.29, 1.82) is 0 Å². The van der Waals surface area contributed by atoms with Crippen molar-refractivity contribution in [2.24, 2.45) is 11.1 Å². The van der Waals surface area contributed by atoms with Gasteiger partial charge in [-0.15, -0.1) is 0 Å². The van der Waals surface area contributed by atoms with Crippen LogP contribution in [0.3, 0.4) is 0 Å². The van der Waals surface area contributed by atoms with Crippen molar-refractivity contribution in [3.8, 4) is 0 Å². The van der Waals surface area contributed by atoms with E-state index in [0.717, 1.165) is 0 Å². The summed E-state index contributed by atoms with van der Waals surface area (Å²) >= 11 is 0. The first-order valence-corrected chi connectivity index (χ1v) is 2.70. The van der Waals surface area contributed by atoms with Crippen LogP contribution >= 0.6 is 0 Å². The molecule has 4 nitrogen and oxygen atoms in total. The van der Waals surface area contributed by atoms with E-state index in [0.29, 0.717) is 6.42 Å². The molecule has 0 spiro atoms. The van der Waals surface area contributed by atoms with Gasteiger partial charge in [-0.25, -0.2) is 0 Å². The molecule has 0 bridgehead atoms. The second-order valence-corrected chi connectivity index (χ2v) is 2.04. The zero-order valence-corrected chi connectivity index (χ0v) is 5.03. The Morgan fingerprint density at radius 2 is 2.44 bits per heavy atom. The summed E-state index contributed by atoms with van der Waals surface area (Å²) in [4.78, 5) is 20.3. The summed E-state index contributed by atoms with van der Waals surface area (Å²) in [7, 11) is 1.31. The number of carbonyl (C=O) groups excluding carboxylic acids is 1. The summed E-state index contributed by atoms with van der Waals surface area (Å²) in [6.45, 7) is 0. The number of hydrogen-bond donors (Lipinski definition) is 0. The van der Waals surface area contributed by atoms with Crippen LogP contribution in [0, 0.1) is 10.8 Å². The van der Waals surface area contributed by atoms with Gasteiger partial charge in [0.25, 0.3) is 0 Å². The molecular weight excluding hydrogens is 122 g/mol. The number of carbonyl (C=O) groups is 1.